The number of carbonyl (C=O) groups is 1. The molecule has 30 heavy (non-hydrogen) atoms. The zero-order valence-corrected chi connectivity index (χ0v) is 18.7. The van der Waals surface area contributed by atoms with Crippen molar-refractivity contribution < 1.29 is 9.53 Å². The van der Waals surface area contributed by atoms with Gasteiger partial charge >= 0.3 is 0 Å². The summed E-state index contributed by atoms with van der Waals surface area (Å²) in [5.74, 6) is 0.751. The molecule has 3 aromatic heterocycles. The van der Waals surface area contributed by atoms with Crippen molar-refractivity contribution >= 4 is 16.9 Å². The normalized spacial score (nSPS) is 11.2. The van der Waals surface area contributed by atoms with Crippen molar-refractivity contribution in [3.8, 4) is 5.75 Å². The van der Waals surface area contributed by atoms with E-state index < -0.39 is 0 Å². The number of fused-ring (bicyclic) bond motifs is 1. The summed E-state index contributed by atoms with van der Waals surface area (Å²) in [6, 6.07) is 0. The molecule has 0 atom stereocenters. The van der Waals surface area contributed by atoms with E-state index in [0.29, 0.717) is 24.2 Å². The standard InChI is InChI=1S/C22H29N5O3/c1-12-10-23-17(14(3)20(12)30-7)11-26(5)18(28)9-8-16-13(2)19-15(4)25-27(6)21(19)24-22(16)29/h10H,8-9,11H2,1-7H3,(H,24,29). The van der Waals surface area contributed by atoms with Gasteiger partial charge in [0.1, 0.15) is 11.4 Å². The fraction of sp³-hybridized carbons (Fsp3) is 0.455. The number of ether oxygens (including phenoxy) is 1. The van der Waals surface area contributed by atoms with E-state index in [9.17, 15) is 9.59 Å². The van der Waals surface area contributed by atoms with Crippen molar-refractivity contribution in [1.82, 2.24) is 24.6 Å². The summed E-state index contributed by atoms with van der Waals surface area (Å²) < 4.78 is 7.12. The summed E-state index contributed by atoms with van der Waals surface area (Å²) in [5.41, 5.74) is 5.61. The smallest absolute Gasteiger partial charge is 0.253 e. The number of rotatable bonds is 6. The van der Waals surface area contributed by atoms with Gasteiger partial charge < -0.3 is 14.6 Å². The minimum Gasteiger partial charge on any atom is -0.496 e. The summed E-state index contributed by atoms with van der Waals surface area (Å²) >= 11 is 0. The molecule has 3 heterocycles. The van der Waals surface area contributed by atoms with Gasteiger partial charge in [0, 0.05) is 48.8 Å². The van der Waals surface area contributed by atoms with Crippen LogP contribution in [0.2, 0.25) is 0 Å². The molecule has 160 valence electrons. The second-order valence-electron chi connectivity index (χ2n) is 7.79. The number of aromatic nitrogens is 4. The average molecular weight is 412 g/mol. The van der Waals surface area contributed by atoms with Crippen molar-refractivity contribution in [2.75, 3.05) is 14.2 Å². The van der Waals surface area contributed by atoms with E-state index in [1.807, 2.05) is 27.7 Å². The Bertz CT molecular complexity index is 1180. The number of hydrogen-bond donors (Lipinski definition) is 1. The molecule has 8 nitrogen and oxygen atoms in total. The highest BCUT2D eigenvalue weighted by molar-refractivity contribution is 5.83. The van der Waals surface area contributed by atoms with E-state index in [0.717, 1.165) is 39.2 Å². The molecule has 3 rings (SSSR count). The molecule has 8 heteroatoms. The maximum Gasteiger partial charge on any atom is 0.253 e. The molecule has 0 aliphatic heterocycles. The maximum absolute atomic E-state index is 12.7. The van der Waals surface area contributed by atoms with Crippen molar-refractivity contribution in [1.29, 1.82) is 0 Å². The first-order valence-corrected chi connectivity index (χ1v) is 9.93. The van der Waals surface area contributed by atoms with E-state index in [-0.39, 0.29) is 17.9 Å². The molecule has 1 N–H and O–H groups in total. The first kappa shape index (κ1) is 21.5. The fourth-order valence-corrected chi connectivity index (χ4v) is 4.02. The van der Waals surface area contributed by atoms with Crippen molar-refractivity contribution in [2.24, 2.45) is 7.05 Å². The SMILES string of the molecule is COc1c(C)cnc(CN(C)C(=O)CCc2c(C)c3c(C)nn(C)c3[nH]c2=O)c1C. The monoisotopic (exact) mass is 411 g/mol. The van der Waals surface area contributed by atoms with E-state index in [1.54, 1.807) is 37.0 Å². The lowest BCUT2D eigenvalue weighted by Crippen LogP contribution is -2.28. The minimum absolute atomic E-state index is 0.0439. The number of nitrogens with zero attached hydrogens (tertiary/aromatic N) is 4. The number of aromatic amines is 1. The van der Waals surface area contributed by atoms with Gasteiger partial charge in [0.2, 0.25) is 5.91 Å². The van der Waals surface area contributed by atoms with Gasteiger partial charge in [-0.05, 0) is 39.7 Å². The molecule has 0 aliphatic rings. The van der Waals surface area contributed by atoms with Gasteiger partial charge in [-0.2, -0.15) is 5.10 Å². The largest absolute Gasteiger partial charge is 0.496 e. The number of hydrogen-bond acceptors (Lipinski definition) is 5. The summed E-state index contributed by atoms with van der Waals surface area (Å²) in [7, 11) is 5.19. The Labute approximate surface area is 175 Å². The summed E-state index contributed by atoms with van der Waals surface area (Å²) in [4.78, 5) is 34.3. The zero-order chi connectivity index (χ0) is 22.2. The van der Waals surface area contributed by atoms with E-state index in [1.165, 1.54) is 0 Å². The van der Waals surface area contributed by atoms with Crippen molar-refractivity contribution in [2.45, 2.75) is 47.1 Å². The molecule has 1 amide bonds. The van der Waals surface area contributed by atoms with E-state index in [2.05, 4.69) is 15.1 Å². The van der Waals surface area contributed by atoms with Crippen LogP contribution in [0.15, 0.2) is 11.0 Å². The van der Waals surface area contributed by atoms with Gasteiger partial charge in [-0.1, -0.05) is 0 Å². The van der Waals surface area contributed by atoms with Crippen LogP contribution in [0.5, 0.6) is 5.75 Å². The Morgan fingerprint density at radius 3 is 2.60 bits per heavy atom. The lowest BCUT2D eigenvalue weighted by Gasteiger charge is -2.19. The third-order valence-electron chi connectivity index (χ3n) is 5.71. The Hall–Kier alpha value is -3.16. The average Bonchev–Trinajstić information content (AvgIpc) is 2.97. The number of H-pyrrole nitrogens is 1. The highest BCUT2D eigenvalue weighted by atomic mass is 16.5. The summed E-state index contributed by atoms with van der Waals surface area (Å²) in [6.07, 6.45) is 2.37. The van der Waals surface area contributed by atoms with Gasteiger partial charge in [-0.3, -0.25) is 19.3 Å². The highest BCUT2D eigenvalue weighted by Crippen LogP contribution is 2.25. The van der Waals surface area contributed by atoms with Crippen molar-refractivity contribution in [3.63, 3.8) is 0 Å². The third kappa shape index (κ3) is 3.81. The molecule has 0 spiro atoms. The van der Waals surface area contributed by atoms with Gasteiger partial charge in [-0.15, -0.1) is 0 Å². The van der Waals surface area contributed by atoms with E-state index >= 15 is 0 Å². The van der Waals surface area contributed by atoms with Crippen LogP contribution in [0.25, 0.3) is 11.0 Å². The molecule has 3 aromatic rings. The van der Waals surface area contributed by atoms with Crippen molar-refractivity contribution in [3.05, 3.63) is 50.2 Å². The number of methoxy groups -OCH3 is 1. The Morgan fingerprint density at radius 2 is 1.93 bits per heavy atom. The predicted molar refractivity (Wildman–Crippen MR) is 116 cm³/mol. The van der Waals surface area contributed by atoms with Crippen LogP contribution in [-0.4, -0.2) is 44.7 Å². The third-order valence-corrected chi connectivity index (χ3v) is 5.71. The molecule has 0 bridgehead atoms. The first-order valence-electron chi connectivity index (χ1n) is 9.93. The van der Waals surface area contributed by atoms with Gasteiger partial charge in [0.25, 0.3) is 5.56 Å². The number of pyridine rings is 2. The molecule has 0 saturated heterocycles. The van der Waals surface area contributed by atoms with Gasteiger partial charge in [0.05, 0.1) is 25.0 Å². The fourth-order valence-electron chi connectivity index (χ4n) is 4.02. The molecule has 0 aromatic carbocycles. The Kier molecular flexibility index (Phi) is 5.96. The van der Waals surface area contributed by atoms with E-state index in [4.69, 9.17) is 4.74 Å². The number of aryl methyl sites for hydroxylation is 4. The topological polar surface area (TPSA) is 93.1 Å². The zero-order valence-electron chi connectivity index (χ0n) is 18.7. The molecule has 0 fully saturated rings. The summed E-state index contributed by atoms with van der Waals surface area (Å²) in [5, 5.41) is 5.33. The lowest BCUT2D eigenvalue weighted by atomic mass is 10.0. The lowest BCUT2D eigenvalue weighted by molar-refractivity contribution is -0.130. The molecular formula is C22H29N5O3. The van der Waals surface area contributed by atoms with Gasteiger partial charge in [-0.25, -0.2) is 0 Å². The molecule has 0 aliphatic carbocycles. The second-order valence-corrected chi connectivity index (χ2v) is 7.79. The highest BCUT2D eigenvalue weighted by Gasteiger charge is 2.18. The first-order chi connectivity index (χ1) is 14.1. The van der Waals surface area contributed by atoms with Crippen LogP contribution in [0.1, 0.15) is 40.1 Å². The van der Waals surface area contributed by atoms with Crippen LogP contribution in [0, 0.1) is 27.7 Å². The Balaban J connectivity index is 1.76. The molecular weight excluding hydrogens is 382 g/mol. The molecule has 0 saturated carbocycles. The quantitative estimate of drug-likeness (QED) is 0.673. The Morgan fingerprint density at radius 1 is 1.23 bits per heavy atom. The van der Waals surface area contributed by atoms with Crippen LogP contribution >= 0.6 is 0 Å². The number of nitrogens with one attached hydrogen (secondary N) is 1. The molecule has 0 unspecified atom stereocenters. The predicted octanol–water partition coefficient (Wildman–Crippen LogP) is 2.49. The number of carbonyl (C=O) groups excluding carboxylic acids is 1. The summed E-state index contributed by atoms with van der Waals surface area (Å²) in [6.45, 7) is 8.11. The van der Waals surface area contributed by atoms with Crippen LogP contribution < -0.4 is 10.3 Å². The van der Waals surface area contributed by atoms with Crippen LogP contribution in [0.4, 0.5) is 0 Å². The second kappa shape index (κ2) is 8.30. The molecule has 0 radical (unpaired) electrons. The minimum atomic E-state index is -0.167. The number of amides is 1. The van der Waals surface area contributed by atoms with Crippen LogP contribution in [-0.2, 0) is 24.8 Å². The maximum atomic E-state index is 12.7. The van der Waals surface area contributed by atoms with Gasteiger partial charge in [0.15, 0.2) is 0 Å². The van der Waals surface area contributed by atoms with Crippen LogP contribution in [0.3, 0.4) is 0 Å².